The molecule has 5 aromatic rings. The molecule has 11 heteroatoms. The Labute approximate surface area is 259 Å². The molecule has 11 nitrogen and oxygen atoms in total. The molecular weight excluding hydrogens is 574 g/mol. The number of hydrogen-bond donors (Lipinski definition) is 3. The van der Waals surface area contributed by atoms with Crippen LogP contribution in [0.2, 0.25) is 0 Å². The van der Waals surface area contributed by atoms with Crippen LogP contribution in [0.3, 0.4) is 0 Å². The fraction of sp³-hybridized carbons (Fsp3) is 0.265. The number of hydrogen-bond acceptors (Lipinski definition) is 10. The lowest BCUT2D eigenvalue weighted by Crippen LogP contribution is -2.42. The van der Waals surface area contributed by atoms with Gasteiger partial charge in [0.25, 0.3) is 0 Å². The van der Waals surface area contributed by atoms with Gasteiger partial charge in [-0.25, -0.2) is 14.8 Å². The molecule has 0 aliphatic heterocycles. The topological polar surface area (TPSA) is 153 Å². The molecule has 3 aromatic carbocycles. The van der Waals surface area contributed by atoms with Gasteiger partial charge in [0, 0.05) is 36.9 Å². The zero-order chi connectivity index (χ0) is 31.6. The second-order valence-corrected chi connectivity index (χ2v) is 11.5. The number of carboxylic acid groups (broad SMARTS) is 1. The molecule has 2 heterocycles. The maximum Gasteiger partial charge on any atom is 0.336 e. The highest BCUT2D eigenvalue weighted by molar-refractivity contribution is 5.90. The average molecular weight is 608 g/mol. The summed E-state index contributed by atoms with van der Waals surface area (Å²) in [6.07, 6.45) is 4.89. The number of benzene rings is 3. The molecule has 1 saturated carbocycles. The van der Waals surface area contributed by atoms with Gasteiger partial charge in [0.15, 0.2) is 5.75 Å². The van der Waals surface area contributed by atoms with Crippen molar-refractivity contribution in [3.05, 3.63) is 107 Å². The first-order valence-corrected chi connectivity index (χ1v) is 14.6. The Kier molecular flexibility index (Phi) is 8.18. The van der Waals surface area contributed by atoms with E-state index in [2.05, 4.69) is 63.5 Å². The molecule has 2 aromatic heterocycles. The number of aliphatic hydroxyl groups excluding tert-OH is 1. The first-order valence-electron chi connectivity index (χ1n) is 14.6. The Morgan fingerprint density at radius 2 is 1.58 bits per heavy atom. The van der Waals surface area contributed by atoms with Crippen molar-refractivity contribution in [2.24, 2.45) is 0 Å². The SMILES string of the molecule is Cc1nc(-c2ncc(Oc3ccc(C(C)(C)c4ccc(OC5CC(Nc6ccc(C(=O)O)c(CO)c6)C5)cc4)cc3)cn2)no1. The third kappa shape index (κ3) is 6.63. The molecule has 6 rings (SSSR count). The second kappa shape index (κ2) is 12.4. The van der Waals surface area contributed by atoms with E-state index in [1.165, 1.54) is 6.07 Å². The molecule has 0 radical (unpaired) electrons. The Bertz CT molecular complexity index is 1780. The Hall–Kier alpha value is -5.29. The third-order valence-corrected chi connectivity index (χ3v) is 8.02. The predicted octanol–water partition coefficient (Wildman–Crippen LogP) is 6.17. The zero-order valence-electron chi connectivity index (χ0n) is 25.1. The normalized spacial score (nSPS) is 16.1. The molecule has 0 atom stereocenters. The van der Waals surface area contributed by atoms with Crippen LogP contribution in [0.25, 0.3) is 11.6 Å². The highest BCUT2D eigenvalue weighted by Crippen LogP contribution is 2.35. The first kappa shape index (κ1) is 29.8. The van der Waals surface area contributed by atoms with E-state index in [9.17, 15) is 15.0 Å². The van der Waals surface area contributed by atoms with E-state index in [-0.39, 0.29) is 29.7 Å². The molecule has 230 valence electrons. The number of rotatable bonds is 11. The number of carbonyl (C=O) groups is 1. The summed E-state index contributed by atoms with van der Waals surface area (Å²) in [5, 5.41) is 26.0. The van der Waals surface area contributed by atoms with Gasteiger partial charge in [-0.2, -0.15) is 4.98 Å². The molecule has 45 heavy (non-hydrogen) atoms. The summed E-state index contributed by atoms with van der Waals surface area (Å²) >= 11 is 0. The minimum atomic E-state index is -1.05. The number of aromatic nitrogens is 4. The van der Waals surface area contributed by atoms with E-state index in [0.29, 0.717) is 34.6 Å². The highest BCUT2D eigenvalue weighted by atomic mass is 16.5. The number of carboxylic acids is 1. The molecule has 1 aliphatic carbocycles. The minimum Gasteiger partial charge on any atom is -0.490 e. The van der Waals surface area contributed by atoms with Crippen LogP contribution in [0.5, 0.6) is 17.2 Å². The summed E-state index contributed by atoms with van der Waals surface area (Å²) in [4.78, 5) is 24.0. The van der Waals surface area contributed by atoms with Gasteiger partial charge in [-0.05, 0) is 59.2 Å². The zero-order valence-corrected chi connectivity index (χ0v) is 25.1. The van der Waals surface area contributed by atoms with Crippen LogP contribution in [-0.4, -0.2) is 48.4 Å². The molecule has 0 amide bonds. The fourth-order valence-corrected chi connectivity index (χ4v) is 5.30. The lowest BCUT2D eigenvalue weighted by Gasteiger charge is -2.36. The Balaban J connectivity index is 1.01. The molecule has 0 saturated heterocycles. The van der Waals surface area contributed by atoms with Crippen molar-refractivity contribution in [1.82, 2.24) is 20.1 Å². The summed E-state index contributed by atoms with van der Waals surface area (Å²) in [6.45, 7) is 5.74. The van der Waals surface area contributed by atoms with E-state index in [4.69, 9.17) is 14.0 Å². The maximum absolute atomic E-state index is 11.3. The summed E-state index contributed by atoms with van der Waals surface area (Å²) < 4.78 is 17.1. The second-order valence-electron chi connectivity index (χ2n) is 11.5. The number of nitrogens with zero attached hydrogens (tertiary/aromatic N) is 4. The number of aryl methyl sites for hydroxylation is 1. The Morgan fingerprint density at radius 3 is 2.16 bits per heavy atom. The van der Waals surface area contributed by atoms with Gasteiger partial charge in [0.05, 0.1) is 24.6 Å². The van der Waals surface area contributed by atoms with Gasteiger partial charge in [-0.3, -0.25) is 0 Å². The molecule has 1 fully saturated rings. The largest absolute Gasteiger partial charge is 0.490 e. The Morgan fingerprint density at radius 1 is 0.933 bits per heavy atom. The van der Waals surface area contributed by atoms with Crippen molar-refractivity contribution in [3.8, 4) is 28.9 Å². The van der Waals surface area contributed by atoms with E-state index in [0.717, 1.165) is 35.4 Å². The van der Waals surface area contributed by atoms with Crippen LogP contribution in [-0.2, 0) is 12.0 Å². The van der Waals surface area contributed by atoms with Gasteiger partial charge in [-0.1, -0.05) is 43.3 Å². The number of anilines is 1. The lowest BCUT2D eigenvalue weighted by molar-refractivity contribution is 0.0693. The van der Waals surface area contributed by atoms with Gasteiger partial charge in [-0.15, -0.1) is 0 Å². The lowest BCUT2D eigenvalue weighted by atomic mass is 9.78. The van der Waals surface area contributed by atoms with Crippen molar-refractivity contribution in [1.29, 1.82) is 0 Å². The summed E-state index contributed by atoms with van der Waals surface area (Å²) in [6, 6.07) is 21.3. The van der Waals surface area contributed by atoms with E-state index in [1.807, 2.05) is 24.3 Å². The average Bonchev–Trinajstić information content (AvgIpc) is 3.46. The van der Waals surface area contributed by atoms with Crippen LogP contribution in [0.4, 0.5) is 5.69 Å². The van der Waals surface area contributed by atoms with Crippen molar-refractivity contribution in [2.45, 2.75) is 57.8 Å². The van der Waals surface area contributed by atoms with Gasteiger partial charge in [0.2, 0.25) is 17.5 Å². The van der Waals surface area contributed by atoms with Crippen LogP contribution in [0, 0.1) is 6.92 Å². The molecule has 3 N–H and O–H groups in total. The fourth-order valence-electron chi connectivity index (χ4n) is 5.30. The molecule has 1 aliphatic rings. The number of aliphatic hydroxyl groups is 1. The molecule has 0 unspecified atom stereocenters. The minimum absolute atomic E-state index is 0.0919. The summed E-state index contributed by atoms with van der Waals surface area (Å²) in [5.41, 5.74) is 3.33. The standard InChI is InChI=1S/C34H33N5O6/c1-20-37-32(39-45-20)31-35-17-29(18-36-31)44-27-11-6-23(7-12-27)34(2,3)22-4-9-26(10-5-22)43-28-15-25(16-28)38-24-8-13-30(33(41)42)21(14-24)19-40/h4-14,17-18,25,28,38,40H,15-16,19H2,1-3H3,(H,41,42). The first-order chi connectivity index (χ1) is 21.7. The van der Waals surface area contributed by atoms with Crippen molar-refractivity contribution >= 4 is 11.7 Å². The van der Waals surface area contributed by atoms with Crippen LogP contribution in [0.15, 0.2) is 83.6 Å². The van der Waals surface area contributed by atoms with Crippen LogP contribution < -0.4 is 14.8 Å². The number of nitrogens with one attached hydrogen (secondary N) is 1. The van der Waals surface area contributed by atoms with Gasteiger partial charge >= 0.3 is 5.97 Å². The predicted molar refractivity (Wildman–Crippen MR) is 166 cm³/mol. The van der Waals surface area contributed by atoms with Crippen molar-refractivity contribution in [2.75, 3.05) is 5.32 Å². The van der Waals surface area contributed by atoms with E-state index in [1.54, 1.807) is 31.5 Å². The van der Waals surface area contributed by atoms with Crippen LogP contribution in [0.1, 0.15) is 59.6 Å². The number of ether oxygens (including phenoxy) is 2. The van der Waals surface area contributed by atoms with Crippen molar-refractivity contribution < 1.29 is 29.0 Å². The third-order valence-electron chi connectivity index (χ3n) is 8.02. The maximum atomic E-state index is 11.3. The number of aromatic carboxylic acids is 1. The quantitative estimate of drug-likeness (QED) is 0.158. The molecular formula is C34H33N5O6. The van der Waals surface area contributed by atoms with E-state index >= 15 is 0 Å². The van der Waals surface area contributed by atoms with Gasteiger partial charge < -0.3 is 29.5 Å². The van der Waals surface area contributed by atoms with Crippen molar-refractivity contribution in [3.63, 3.8) is 0 Å². The molecule has 0 bridgehead atoms. The monoisotopic (exact) mass is 607 g/mol. The summed E-state index contributed by atoms with van der Waals surface area (Å²) in [5.74, 6) is 2.08. The van der Waals surface area contributed by atoms with E-state index < -0.39 is 5.97 Å². The summed E-state index contributed by atoms with van der Waals surface area (Å²) in [7, 11) is 0. The highest BCUT2D eigenvalue weighted by Gasteiger charge is 2.31. The van der Waals surface area contributed by atoms with Crippen LogP contribution >= 0.6 is 0 Å². The van der Waals surface area contributed by atoms with Gasteiger partial charge in [0.1, 0.15) is 17.6 Å². The smallest absolute Gasteiger partial charge is 0.336 e. The molecule has 0 spiro atoms.